The molecule has 0 aliphatic rings. The maximum absolute atomic E-state index is 4.95. The molecule has 0 aromatic carbocycles. The van der Waals surface area contributed by atoms with Crippen LogP contribution in [0.5, 0.6) is 0 Å². The van der Waals surface area contributed by atoms with Crippen molar-refractivity contribution >= 4 is 12.6 Å². The highest BCUT2D eigenvalue weighted by molar-refractivity contribution is 7.58. The van der Waals surface area contributed by atoms with Crippen LogP contribution >= 0.6 is 0 Å². The van der Waals surface area contributed by atoms with Gasteiger partial charge in [0.15, 0.2) is 0 Å². The van der Waals surface area contributed by atoms with Crippen molar-refractivity contribution in [1.29, 1.82) is 0 Å². The number of nitrogens with zero attached hydrogens (tertiary/aromatic N) is 2. The van der Waals surface area contributed by atoms with Gasteiger partial charge in [0.05, 0.1) is 11.4 Å². The zero-order valence-corrected chi connectivity index (χ0v) is 11.2. The fourth-order valence-electron chi connectivity index (χ4n) is 1.89. The van der Waals surface area contributed by atoms with Crippen molar-refractivity contribution in [2.75, 3.05) is 5.75 Å². The van der Waals surface area contributed by atoms with E-state index in [2.05, 4.69) is 22.1 Å². The second-order valence-electron chi connectivity index (χ2n) is 4.28. The standard InChI is InChI=1S/C15H18N2S/c18-11-5-1-2-6-13-8-10-17-15(12-13)14-7-3-4-9-16-14/h3-4,7-10,12,18H,1-2,5-6,11H2/p-1. The first-order valence-electron chi connectivity index (χ1n) is 6.34. The van der Waals surface area contributed by atoms with E-state index in [-0.39, 0.29) is 0 Å². The molecule has 3 heteroatoms. The first-order valence-corrected chi connectivity index (χ1v) is 6.92. The van der Waals surface area contributed by atoms with Gasteiger partial charge < -0.3 is 12.6 Å². The molecule has 2 aromatic rings. The lowest BCUT2D eigenvalue weighted by Crippen LogP contribution is -1.91. The maximum Gasteiger partial charge on any atom is 0.0888 e. The number of aromatic nitrogens is 2. The fourth-order valence-corrected chi connectivity index (χ4v) is 2.10. The Morgan fingerprint density at radius 3 is 2.56 bits per heavy atom. The molecule has 0 fully saturated rings. The first kappa shape index (κ1) is 13.1. The molecule has 0 radical (unpaired) electrons. The van der Waals surface area contributed by atoms with Crippen molar-refractivity contribution in [3.63, 3.8) is 0 Å². The van der Waals surface area contributed by atoms with E-state index in [1.54, 1.807) is 6.20 Å². The summed E-state index contributed by atoms with van der Waals surface area (Å²) in [6, 6.07) is 10.1. The molecule has 0 N–H and O–H groups in total. The minimum Gasteiger partial charge on any atom is -0.793 e. The van der Waals surface area contributed by atoms with Crippen molar-refractivity contribution in [3.8, 4) is 11.4 Å². The molecule has 0 spiro atoms. The molecular weight excluding hydrogens is 240 g/mol. The van der Waals surface area contributed by atoms with E-state index < -0.39 is 0 Å². The Labute approximate surface area is 114 Å². The molecule has 18 heavy (non-hydrogen) atoms. The van der Waals surface area contributed by atoms with Gasteiger partial charge in [-0.2, -0.15) is 5.75 Å². The van der Waals surface area contributed by atoms with Gasteiger partial charge in [-0.15, -0.1) is 0 Å². The molecule has 0 aliphatic heterocycles. The van der Waals surface area contributed by atoms with Gasteiger partial charge in [-0.25, -0.2) is 0 Å². The van der Waals surface area contributed by atoms with Crippen molar-refractivity contribution in [3.05, 3.63) is 48.3 Å². The monoisotopic (exact) mass is 257 g/mol. The molecule has 0 bridgehead atoms. The van der Waals surface area contributed by atoms with Crippen LogP contribution in [0.25, 0.3) is 11.4 Å². The number of hydrogen-bond acceptors (Lipinski definition) is 3. The number of hydrogen-bond donors (Lipinski definition) is 0. The summed E-state index contributed by atoms with van der Waals surface area (Å²) in [6.45, 7) is 0. The number of rotatable bonds is 6. The summed E-state index contributed by atoms with van der Waals surface area (Å²) in [4.78, 5) is 8.70. The van der Waals surface area contributed by atoms with Gasteiger partial charge >= 0.3 is 0 Å². The van der Waals surface area contributed by atoms with Gasteiger partial charge in [-0.05, 0) is 42.7 Å². The van der Waals surface area contributed by atoms with Crippen molar-refractivity contribution in [1.82, 2.24) is 9.97 Å². The number of unbranched alkanes of at least 4 members (excludes halogenated alkanes) is 2. The first-order chi connectivity index (χ1) is 8.90. The van der Waals surface area contributed by atoms with Crippen LogP contribution in [-0.4, -0.2) is 15.7 Å². The van der Waals surface area contributed by atoms with Gasteiger partial charge in [0.2, 0.25) is 0 Å². The SMILES string of the molecule is [S-]CCCCCc1ccnc(-c2ccccn2)c1. The number of pyridine rings is 2. The predicted molar refractivity (Wildman–Crippen MR) is 77.3 cm³/mol. The van der Waals surface area contributed by atoms with Gasteiger partial charge in [0.1, 0.15) is 0 Å². The Morgan fingerprint density at radius 1 is 0.889 bits per heavy atom. The molecule has 0 atom stereocenters. The fraction of sp³-hybridized carbons (Fsp3) is 0.333. The molecular formula is C15H17N2S-. The van der Waals surface area contributed by atoms with Crippen molar-refractivity contribution in [2.45, 2.75) is 25.7 Å². The van der Waals surface area contributed by atoms with Crippen LogP contribution in [0.1, 0.15) is 24.8 Å². The Kier molecular flexibility index (Phi) is 5.21. The van der Waals surface area contributed by atoms with Gasteiger partial charge in [-0.1, -0.05) is 18.9 Å². The summed E-state index contributed by atoms with van der Waals surface area (Å²) < 4.78 is 0. The van der Waals surface area contributed by atoms with Gasteiger partial charge in [-0.3, -0.25) is 9.97 Å². The molecule has 0 amide bonds. The summed E-state index contributed by atoms with van der Waals surface area (Å²) in [6.07, 6.45) is 8.32. The zero-order valence-electron chi connectivity index (χ0n) is 10.4. The molecule has 94 valence electrons. The summed E-state index contributed by atoms with van der Waals surface area (Å²) in [5, 5.41) is 0. The van der Waals surface area contributed by atoms with Crippen LogP contribution < -0.4 is 0 Å². The topological polar surface area (TPSA) is 25.8 Å². The van der Waals surface area contributed by atoms with E-state index in [9.17, 15) is 0 Å². The third-order valence-electron chi connectivity index (χ3n) is 2.86. The summed E-state index contributed by atoms with van der Waals surface area (Å²) in [5.41, 5.74) is 3.22. The predicted octanol–water partition coefficient (Wildman–Crippen LogP) is 3.40. The molecule has 0 aliphatic carbocycles. The molecule has 0 saturated carbocycles. The lowest BCUT2D eigenvalue weighted by Gasteiger charge is -2.05. The number of aryl methyl sites for hydroxylation is 1. The van der Waals surface area contributed by atoms with E-state index in [1.165, 1.54) is 18.4 Å². The summed E-state index contributed by atoms with van der Waals surface area (Å²) >= 11 is 4.95. The average molecular weight is 257 g/mol. The second-order valence-corrected chi connectivity index (χ2v) is 4.69. The van der Waals surface area contributed by atoms with Crippen LogP contribution in [0.4, 0.5) is 0 Å². The van der Waals surface area contributed by atoms with Crippen LogP contribution in [0, 0.1) is 0 Å². The van der Waals surface area contributed by atoms with E-state index in [4.69, 9.17) is 12.6 Å². The maximum atomic E-state index is 4.95. The third kappa shape index (κ3) is 3.84. The van der Waals surface area contributed by atoms with Crippen LogP contribution in [0.15, 0.2) is 42.7 Å². The second kappa shape index (κ2) is 7.17. The Hall–Kier alpha value is -1.35. The van der Waals surface area contributed by atoms with Gasteiger partial charge in [0.25, 0.3) is 0 Å². The summed E-state index contributed by atoms with van der Waals surface area (Å²) in [7, 11) is 0. The van der Waals surface area contributed by atoms with E-state index in [0.717, 1.165) is 30.0 Å². The van der Waals surface area contributed by atoms with Crippen LogP contribution in [-0.2, 0) is 19.0 Å². The zero-order chi connectivity index (χ0) is 12.6. The van der Waals surface area contributed by atoms with E-state index in [1.807, 2.05) is 24.4 Å². The average Bonchev–Trinajstić information content (AvgIpc) is 2.45. The molecule has 0 unspecified atom stereocenters. The Bertz CT molecular complexity index is 471. The van der Waals surface area contributed by atoms with Crippen molar-refractivity contribution in [2.24, 2.45) is 0 Å². The lowest BCUT2D eigenvalue weighted by atomic mass is 10.1. The van der Waals surface area contributed by atoms with Crippen LogP contribution in [0.2, 0.25) is 0 Å². The minimum atomic E-state index is 0.871. The quantitative estimate of drug-likeness (QED) is 0.586. The van der Waals surface area contributed by atoms with Gasteiger partial charge in [0, 0.05) is 12.4 Å². The lowest BCUT2D eigenvalue weighted by molar-refractivity contribution is 0.722. The van der Waals surface area contributed by atoms with Crippen molar-refractivity contribution < 1.29 is 0 Å². The highest BCUT2D eigenvalue weighted by atomic mass is 32.1. The molecule has 2 aromatic heterocycles. The smallest absolute Gasteiger partial charge is 0.0888 e. The highest BCUT2D eigenvalue weighted by Gasteiger charge is 2.01. The summed E-state index contributed by atoms with van der Waals surface area (Å²) in [5.74, 6) is 0.871. The Balaban J connectivity index is 2.02. The molecule has 2 heterocycles. The van der Waals surface area contributed by atoms with E-state index in [0.29, 0.717) is 0 Å². The largest absolute Gasteiger partial charge is 0.793 e. The van der Waals surface area contributed by atoms with E-state index >= 15 is 0 Å². The van der Waals surface area contributed by atoms with Crippen LogP contribution in [0.3, 0.4) is 0 Å². The highest BCUT2D eigenvalue weighted by Crippen LogP contribution is 2.16. The normalized spacial score (nSPS) is 10.5. The molecule has 2 nitrogen and oxygen atoms in total. The third-order valence-corrected chi connectivity index (χ3v) is 3.15. The minimum absolute atomic E-state index is 0.871. The molecule has 0 saturated heterocycles. The molecule has 2 rings (SSSR count). The Morgan fingerprint density at radius 2 is 1.78 bits per heavy atom.